The number of aromatic nitrogens is 1. The normalized spacial score (nSPS) is 9.83. The Morgan fingerprint density at radius 3 is 2.72 bits per heavy atom. The van der Waals surface area contributed by atoms with Gasteiger partial charge in [0.15, 0.2) is 0 Å². The van der Waals surface area contributed by atoms with Crippen LogP contribution in [-0.4, -0.2) is 12.1 Å². The Hall–Kier alpha value is -2.54. The number of nitrogen functional groups attached to an aromatic ring is 1. The maximum absolute atomic E-state index is 8.94. The monoisotopic (exact) mass is 239 g/mol. The first-order chi connectivity index (χ1) is 8.65. The highest BCUT2D eigenvalue weighted by atomic mass is 16.5. The number of rotatable bonds is 2. The fraction of sp³-hybridized carbons (Fsp3) is 0.143. The SMILES string of the molecule is COc1ccc(C#N)cc1-c1ncc(C)cc1N. The van der Waals surface area contributed by atoms with Crippen LogP contribution in [0.25, 0.3) is 11.3 Å². The number of methoxy groups -OCH3 is 1. The van der Waals surface area contributed by atoms with Gasteiger partial charge in [0, 0.05) is 11.8 Å². The summed E-state index contributed by atoms with van der Waals surface area (Å²) in [5.41, 5.74) is 9.45. The van der Waals surface area contributed by atoms with E-state index in [0.29, 0.717) is 22.7 Å². The van der Waals surface area contributed by atoms with E-state index in [9.17, 15) is 0 Å². The second-order valence-corrected chi connectivity index (χ2v) is 3.98. The van der Waals surface area contributed by atoms with Crippen LogP contribution in [0.1, 0.15) is 11.1 Å². The highest BCUT2D eigenvalue weighted by Crippen LogP contribution is 2.33. The Morgan fingerprint density at radius 2 is 2.11 bits per heavy atom. The summed E-state index contributed by atoms with van der Waals surface area (Å²) in [4.78, 5) is 4.32. The Balaban J connectivity index is 2.65. The third kappa shape index (κ3) is 2.11. The van der Waals surface area contributed by atoms with Gasteiger partial charge in [0.2, 0.25) is 0 Å². The average Bonchev–Trinajstić information content (AvgIpc) is 2.38. The molecule has 4 nitrogen and oxygen atoms in total. The summed E-state index contributed by atoms with van der Waals surface area (Å²) in [6.07, 6.45) is 1.74. The summed E-state index contributed by atoms with van der Waals surface area (Å²) in [5.74, 6) is 0.650. The predicted molar refractivity (Wildman–Crippen MR) is 70.1 cm³/mol. The molecule has 0 saturated carbocycles. The van der Waals surface area contributed by atoms with Crippen molar-refractivity contribution in [3.63, 3.8) is 0 Å². The van der Waals surface area contributed by atoms with Crippen molar-refractivity contribution in [3.05, 3.63) is 41.6 Å². The van der Waals surface area contributed by atoms with Gasteiger partial charge in [-0.1, -0.05) is 0 Å². The molecule has 0 unspecified atom stereocenters. The summed E-state index contributed by atoms with van der Waals surface area (Å²) < 4.78 is 5.28. The Bertz CT molecular complexity index is 629. The molecular weight excluding hydrogens is 226 g/mol. The smallest absolute Gasteiger partial charge is 0.128 e. The molecule has 1 aromatic heterocycles. The van der Waals surface area contributed by atoms with Crippen molar-refractivity contribution < 1.29 is 4.74 Å². The molecule has 0 amide bonds. The zero-order valence-electron chi connectivity index (χ0n) is 10.3. The van der Waals surface area contributed by atoms with Crippen LogP contribution in [0.5, 0.6) is 5.75 Å². The standard InChI is InChI=1S/C14H13N3O/c1-9-5-12(16)14(17-8-9)11-6-10(7-15)3-4-13(11)18-2/h3-6,8H,16H2,1-2H3. The summed E-state index contributed by atoms with van der Waals surface area (Å²) in [5, 5.41) is 8.94. The quantitative estimate of drug-likeness (QED) is 0.874. The third-order valence-corrected chi connectivity index (χ3v) is 2.64. The van der Waals surface area contributed by atoms with E-state index in [2.05, 4.69) is 11.1 Å². The molecule has 0 radical (unpaired) electrons. The number of hydrogen-bond acceptors (Lipinski definition) is 4. The molecule has 1 heterocycles. The van der Waals surface area contributed by atoms with Crippen LogP contribution >= 0.6 is 0 Å². The number of aryl methyl sites for hydroxylation is 1. The molecule has 90 valence electrons. The molecule has 0 aliphatic heterocycles. The number of anilines is 1. The predicted octanol–water partition coefficient (Wildman–Crippen LogP) is 2.52. The van der Waals surface area contributed by atoms with E-state index in [0.717, 1.165) is 11.1 Å². The molecule has 2 rings (SSSR count). The van der Waals surface area contributed by atoms with Crippen molar-refractivity contribution in [3.8, 4) is 23.1 Å². The molecule has 18 heavy (non-hydrogen) atoms. The average molecular weight is 239 g/mol. The van der Waals surface area contributed by atoms with Crippen LogP contribution in [-0.2, 0) is 0 Å². The van der Waals surface area contributed by atoms with Gasteiger partial charge in [0.05, 0.1) is 30.1 Å². The fourth-order valence-corrected chi connectivity index (χ4v) is 1.78. The van der Waals surface area contributed by atoms with Gasteiger partial charge in [-0.25, -0.2) is 0 Å². The number of nitriles is 1. The van der Waals surface area contributed by atoms with E-state index in [1.165, 1.54) is 0 Å². The maximum Gasteiger partial charge on any atom is 0.128 e. The second-order valence-electron chi connectivity index (χ2n) is 3.98. The van der Waals surface area contributed by atoms with Gasteiger partial charge >= 0.3 is 0 Å². The molecule has 1 aromatic carbocycles. The van der Waals surface area contributed by atoms with Crippen LogP contribution in [0.15, 0.2) is 30.5 Å². The number of benzene rings is 1. The summed E-state index contributed by atoms with van der Waals surface area (Å²) in [6, 6.07) is 9.12. The van der Waals surface area contributed by atoms with Gasteiger partial charge < -0.3 is 10.5 Å². The van der Waals surface area contributed by atoms with Gasteiger partial charge in [-0.15, -0.1) is 0 Å². The molecule has 0 fully saturated rings. The van der Waals surface area contributed by atoms with Gasteiger partial charge in [0.1, 0.15) is 5.75 Å². The topological polar surface area (TPSA) is 71.9 Å². The lowest BCUT2D eigenvalue weighted by atomic mass is 10.0. The second kappa shape index (κ2) is 4.76. The van der Waals surface area contributed by atoms with Crippen LogP contribution in [0, 0.1) is 18.3 Å². The first-order valence-electron chi connectivity index (χ1n) is 5.46. The van der Waals surface area contributed by atoms with Gasteiger partial charge in [0.25, 0.3) is 0 Å². The molecule has 0 spiro atoms. The third-order valence-electron chi connectivity index (χ3n) is 2.64. The zero-order chi connectivity index (χ0) is 13.1. The van der Waals surface area contributed by atoms with Gasteiger partial charge in [-0.3, -0.25) is 4.98 Å². The van der Waals surface area contributed by atoms with E-state index in [1.54, 1.807) is 31.5 Å². The molecule has 0 aliphatic rings. The first-order valence-corrected chi connectivity index (χ1v) is 5.46. The molecular formula is C14H13N3O. The van der Waals surface area contributed by atoms with E-state index in [1.807, 2.05) is 13.0 Å². The van der Waals surface area contributed by atoms with Crippen LogP contribution in [0.2, 0.25) is 0 Å². The minimum Gasteiger partial charge on any atom is -0.496 e. The number of pyridine rings is 1. The Kier molecular flexibility index (Phi) is 3.16. The lowest BCUT2D eigenvalue weighted by molar-refractivity contribution is 0.416. The molecule has 0 saturated heterocycles. The highest BCUT2D eigenvalue weighted by Gasteiger charge is 2.11. The van der Waals surface area contributed by atoms with Gasteiger partial charge in [-0.2, -0.15) is 5.26 Å². The Labute approximate surface area is 106 Å². The van der Waals surface area contributed by atoms with Crippen molar-refractivity contribution >= 4 is 5.69 Å². The number of nitrogens with zero attached hydrogens (tertiary/aromatic N) is 2. The molecule has 2 N–H and O–H groups in total. The molecule has 2 aromatic rings. The van der Waals surface area contributed by atoms with Crippen molar-refractivity contribution in [2.24, 2.45) is 0 Å². The lowest BCUT2D eigenvalue weighted by Crippen LogP contribution is -1.97. The van der Waals surface area contributed by atoms with Gasteiger partial charge in [-0.05, 0) is 36.8 Å². The van der Waals surface area contributed by atoms with Crippen LogP contribution < -0.4 is 10.5 Å². The fourth-order valence-electron chi connectivity index (χ4n) is 1.78. The minimum absolute atomic E-state index is 0.549. The van der Waals surface area contributed by atoms with E-state index >= 15 is 0 Å². The summed E-state index contributed by atoms with van der Waals surface area (Å²) >= 11 is 0. The van der Waals surface area contributed by atoms with Crippen molar-refractivity contribution in [1.82, 2.24) is 4.98 Å². The maximum atomic E-state index is 8.94. The minimum atomic E-state index is 0.549. The van der Waals surface area contributed by atoms with E-state index in [-0.39, 0.29) is 0 Å². The van der Waals surface area contributed by atoms with Crippen LogP contribution in [0.3, 0.4) is 0 Å². The largest absolute Gasteiger partial charge is 0.496 e. The summed E-state index contributed by atoms with van der Waals surface area (Å²) in [6.45, 7) is 1.93. The van der Waals surface area contributed by atoms with Crippen molar-refractivity contribution in [2.45, 2.75) is 6.92 Å². The highest BCUT2D eigenvalue weighted by molar-refractivity contribution is 5.78. The lowest BCUT2D eigenvalue weighted by Gasteiger charge is -2.10. The zero-order valence-corrected chi connectivity index (χ0v) is 10.3. The summed E-state index contributed by atoms with van der Waals surface area (Å²) in [7, 11) is 1.58. The molecule has 0 bridgehead atoms. The molecule has 0 aliphatic carbocycles. The number of hydrogen-bond donors (Lipinski definition) is 1. The number of nitrogens with two attached hydrogens (primary N) is 1. The van der Waals surface area contributed by atoms with E-state index in [4.69, 9.17) is 15.7 Å². The van der Waals surface area contributed by atoms with Crippen molar-refractivity contribution in [1.29, 1.82) is 5.26 Å². The molecule has 4 heteroatoms. The number of ether oxygens (including phenoxy) is 1. The van der Waals surface area contributed by atoms with E-state index < -0.39 is 0 Å². The first kappa shape index (κ1) is 11.9. The van der Waals surface area contributed by atoms with Crippen LogP contribution in [0.4, 0.5) is 5.69 Å². The molecule has 0 atom stereocenters. The Morgan fingerprint density at radius 1 is 1.33 bits per heavy atom. The van der Waals surface area contributed by atoms with Crippen molar-refractivity contribution in [2.75, 3.05) is 12.8 Å².